The van der Waals surface area contributed by atoms with E-state index in [1.807, 2.05) is 6.92 Å². The van der Waals surface area contributed by atoms with Gasteiger partial charge in [-0.15, -0.1) is 0 Å². The van der Waals surface area contributed by atoms with E-state index in [0.717, 1.165) is 12.6 Å². The van der Waals surface area contributed by atoms with Crippen LogP contribution >= 0.6 is 0 Å². The van der Waals surface area contributed by atoms with Crippen molar-refractivity contribution >= 4 is 0 Å². The number of hydrogen-bond donors (Lipinski definition) is 1. The van der Waals surface area contributed by atoms with E-state index >= 15 is 0 Å². The molecule has 1 aliphatic carbocycles. The molecule has 0 amide bonds. The van der Waals surface area contributed by atoms with Crippen LogP contribution in [-0.2, 0) is 0 Å². The van der Waals surface area contributed by atoms with Crippen LogP contribution in [0.15, 0.2) is 18.2 Å². The Bertz CT molecular complexity index is 432. The molecule has 1 aromatic carbocycles. The number of nitrogens with zero attached hydrogens (tertiary/aromatic N) is 1. The minimum atomic E-state index is -0.395. The summed E-state index contributed by atoms with van der Waals surface area (Å²) in [5.74, 6) is -0.752. The largest absolute Gasteiger partial charge is 0.309 e. The first kappa shape index (κ1) is 14.4. The Kier molecular flexibility index (Phi) is 4.53. The summed E-state index contributed by atoms with van der Waals surface area (Å²) < 4.78 is 26.8. The van der Waals surface area contributed by atoms with Gasteiger partial charge in [-0.1, -0.05) is 0 Å². The van der Waals surface area contributed by atoms with Crippen molar-refractivity contribution in [2.75, 3.05) is 13.6 Å². The van der Waals surface area contributed by atoms with Crippen molar-refractivity contribution in [3.8, 4) is 0 Å². The van der Waals surface area contributed by atoms with Crippen molar-refractivity contribution in [1.29, 1.82) is 0 Å². The Morgan fingerprint density at radius 3 is 2.63 bits per heavy atom. The average Bonchev–Trinajstić information content (AvgIpc) is 3.21. The van der Waals surface area contributed by atoms with Gasteiger partial charge < -0.3 is 5.32 Å². The molecular weight excluding hydrogens is 246 g/mol. The second-order valence-corrected chi connectivity index (χ2v) is 5.54. The van der Waals surface area contributed by atoms with Gasteiger partial charge in [-0.05, 0) is 51.9 Å². The summed E-state index contributed by atoms with van der Waals surface area (Å²) in [6, 6.07) is 4.51. The highest BCUT2D eigenvalue weighted by atomic mass is 19.1. The summed E-state index contributed by atoms with van der Waals surface area (Å²) in [5, 5.41) is 3.28. The molecule has 0 bridgehead atoms. The van der Waals surface area contributed by atoms with Gasteiger partial charge in [0, 0.05) is 30.2 Å². The van der Waals surface area contributed by atoms with Crippen LogP contribution in [0.4, 0.5) is 8.78 Å². The topological polar surface area (TPSA) is 15.3 Å². The van der Waals surface area contributed by atoms with E-state index in [4.69, 9.17) is 0 Å². The fourth-order valence-corrected chi connectivity index (χ4v) is 2.29. The molecule has 1 fully saturated rings. The van der Waals surface area contributed by atoms with Gasteiger partial charge in [0.05, 0.1) is 0 Å². The normalized spacial score (nSPS) is 18.6. The molecule has 0 saturated heterocycles. The van der Waals surface area contributed by atoms with Gasteiger partial charge >= 0.3 is 0 Å². The summed E-state index contributed by atoms with van der Waals surface area (Å²) in [6.07, 6.45) is 2.55. The van der Waals surface area contributed by atoms with Crippen LogP contribution in [0.2, 0.25) is 0 Å². The predicted molar refractivity (Wildman–Crippen MR) is 73.0 cm³/mol. The van der Waals surface area contributed by atoms with Gasteiger partial charge in [0.2, 0.25) is 0 Å². The third-order valence-electron chi connectivity index (χ3n) is 3.96. The molecule has 1 aliphatic rings. The zero-order chi connectivity index (χ0) is 14.0. The van der Waals surface area contributed by atoms with Crippen LogP contribution in [-0.4, -0.2) is 30.6 Å². The van der Waals surface area contributed by atoms with Gasteiger partial charge in [0.1, 0.15) is 11.6 Å². The average molecular weight is 268 g/mol. The van der Waals surface area contributed by atoms with E-state index in [0.29, 0.717) is 17.6 Å². The maximum absolute atomic E-state index is 13.6. The molecule has 0 aliphatic heterocycles. The summed E-state index contributed by atoms with van der Waals surface area (Å²) >= 11 is 0. The smallest absolute Gasteiger partial charge is 0.128 e. The van der Waals surface area contributed by atoms with Crippen LogP contribution < -0.4 is 5.32 Å². The minimum Gasteiger partial charge on any atom is -0.309 e. The van der Waals surface area contributed by atoms with E-state index in [2.05, 4.69) is 24.2 Å². The van der Waals surface area contributed by atoms with E-state index in [9.17, 15) is 8.78 Å². The summed E-state index contributed by atoms with van der Waals surface area (Å²) in [7, 11) is 2.12. The summed E-state index contributed by atoms with van der Waals surface area (Å²) in [5.41, 5.74) is 0.390. The second-order valence-electron chi connectivity index (χ2n) is 5.54. The van der Waals surface area contributed by atoms with E-state index in [-0.39, 0.29) is 11.9 Å². The minimum absolute atomic E-state index is 0.189. The molecule has 2 nitrogen and oxygen atoms in total. The summed E-state index contributed by atoms with van der Waals surface area (Å²) in [4.78, 5) is 2.35. The van der Waals surface area contributed by atoms with E-state index in [1.54, 1.807) is 0 Å². The molecule has 1 aromatic rings. The van der Waals surface area contributed by atoms with Gasteiger partial charge in [-0.2, -0.15) is 0 Å². The Labute approximate surface area is 113 Å². The first-order valence-electron chi connectivity index (χ1n) is 6.89. The van der Waals surface area contributed by atoms with Gasteiger partial charge in [0.25, 0.3) is 0 Å². The van der Waals surface area contributed by atoms with Gasteiger partial charge in [0.15, 0.2) is 0 Å². The lowest BCUT2D eigenvalue weighted by molar-refractivity contribution is 0.236. The zero-order valence-electron chi connectivity index (χ0n) is 11.8. The molecule has 0 spiro atoms. The number of halogens is 2. The Morgan fingerprint density at radius 1 is 1.32 bits per heavy atom. The molecule has 0 heterocycles. The highest BCUT2D eigenvalue weighted by molar-refractivity contribution is 5.21. The number of nitrogens with one attached hydrogen (secondary N) is 1. The van der Waals surface area contributed by atoms with Crippen LogP contribution in [0.25, 0.3) is 0 Å². The zero-order valence-corrected chi connectivity index (χ0v) is 11.8. The number of hydrogen-bond acceptors (Lipinski definition) is 2. The highest BCUT2D eigenvalue weighted by Crippen LogP contribution is 2.27. The lowest BCUT2D eigenvalue weighted by atomic mass is 10.1. The molecular formula is C15H22F2N2. The first-order chi connectivity index (χ1) is 8.99. The van der Waals surface area contributed by atoms with E-state index in [1.165, 1.54) is 25.0 Å². The van der Waals surface area contributed by atoms with Crippen molar-refractivity contribution in [3.63, 3.8) is 0 Å². The van der Waals surface area contributed by atoms with Crippen molar-refractivity contribution in [1.82, 2.24) is 10.2 Å². The first-order valence-corrected chi connectivity index (χ1v) is 6.89. The molecule has 4 heteroatoms. The van der Waals surface area contributed by atoms with Crippen LogP contribution in [0.1, 0.15) is 38.3 Å². The molecule has 1 N–H and O–H groups in total. The maximum Gasteiger partial charge on any atom is 0.128 e. The van der Waals surface area contributed by atoms with Crippen molar-refractivity contribution in [2.24, 2.45) is 0 Å². The highest BCUT2D eigenvalue weighted by Gasteiger charge is 2.29. The number of rotatable bonds is 6. The summed E-state index contributed by atoms with van der Waals surface area (Å²) in [6.45, 7) is 4.78. The monoisotopic (exact) mass is 268 g/mol. The molecule has 106 valence electrons. The third kappa shape index (κ3) is 3.74. The predicted octanol–water partition coefficient (Wildman–Crippen LogP) is 3.10. The van der Waals surface area contributed by atoms with Crippen LogP contribution in [0.3, 0.4) is 0 Å². The standard InChI is InChI=1S/C15H22F2N2/c1-10(19(3)13-5-6-13)9-18-11(2)14-8-12(16)4-7-15(14)17/h4,7-8,10-11,13,18H,5-6,9H2,1-3H3. The number of benzene rings is 1. The lowest BCUT2D eigenvalue weighted by Crippen LogP contribution is -2.40. The Morgan fingerprint density at radius 2 is 2.00 bits per heavy atom. The molecule has 0 radical (unpaired) electrons. The molecule has 2 rings (SSSR count). The fourth-order valence-electron chi connectivity index (χ4n) is 2.29. The maximum atomic E-state index is 13.6. The number of likely N-dealkylation sites (N-methyl/N-ethyl adjacent to an activating group) is 1. The molecule has 2 atom stereocenters. The quantitative estimate of drug-likeness (QED) is 0.853. The fraction of sp³-hybridized carbons (Fsp3) is 0.600. The van der Waals surface area contributed by atoms with Crippen molar-refractivity contribution in [3.05, 3.63) is 35.4 Å². The molecule has 2 unspecified atom stereocenters. The van der Waals surface area contributed by atoms with Crippen molar-refractivity contribution < 1.29 is 8.78 Å². The van der Waals surface area contributed by atoms with E-state index < -0.39 is 5.82 Å². The molecule has 1 saturated carbocycles. The lowest BCUT2D eigenvalue weighted by Gasteiger charge is -2.26. The van der Waals surface area contributed by atoms with Crippen molar-refractivity contribution in [2.45, 2.75) is 44.8 Å². The van der Waals surface area contributed by atoms with Gasteiger partial charge in [-0.3, -0.25) is 4.90 Å². The third-order valence-corrected chi connectivity index (χ3v) is 3.96. The SMILES string of the molecule is CC(NCC(C)N(C)C1CC1)c1cc(F)ccc1F. The molecule has 19 heavy (non-hydrogen) atoms. The Hall–Kier alpha value is -1.00. The Balaban J connectivity index is 1.89. The molecule has 0 aromatic heterocycles. The second kappa shape index (κ2) is 5.97. The van der Waals surface area contributed by atoms with Crippen LogP contribution in [0, 0.1) is 11.6 Å². The van der Waals surface area contributed by atoms with Crippen LogP contribution in [0.5, 0.6) is 0 Å². The van der Waals surface area contributed by atoms with Gasteiger partial charge in [-0.25, -0.2) is 8.78 Å².